The van der Waals surface area contributed by atoms with Gasteiger partial charge < -0.3 is 14.4 Å². The van der Waals surface area contributed by atoms with Crippen LogP contribution in [-0.2, 0) is 9.53 Å². The van der Waals surface area contributed by atoms with Crippen molar-refractivity contribution < 1.29 is 24.0 Å². The molecule has 0 spiro atoms. The molecule has 1 aromatic rings. The summed E-state index contributed by atoms with van der Waals surface area (Å²) in [6, 6.07) is 7.41. The zero-order valence-electron chi connectivity index (χ0n) is 12.9. The topological polar surface area (TPSA) is 60.3 Å². The molecule has 7 heteroatoms. The lowest BCUT2D eigenvalue weighted by atomic mass is 10.2. The normalized spacial score (nSPS) is 21.3. The lowest BCUT2D eigenvalue weighted by molar-refractivity contribution is -0.915. The smallest absolute Gasteiger partial charge is 0.298 e. The van der Waals surface area contributed by atoms with E-state index in [-0.39, 0.29) is 11.1 Å². The van der Waals surface area contributed by atoms with E-state index in [1.165, 1.54) is 9.80 Å². The van der Waals surface area contributed by atoms with E-state index in [9.17, 15) is 9.59 Å². The van der Waals surface area contributed by atoms with Crippen molar-refractivity contribution in [3.05, 3.63) is 34.7 Å². The number of amides is 2. The fourth-order valence-electron chi connectivity index (χ4n) is 2.56. The number of methoxy groups -OCH3 is 1. The first kappa shape index (κ1) is 16.0. The summed E-state index contributed by atoms with van der Waals surface area (Å²) in [6.07, 6.45) is 1.74. The van der Waals surface area contributed by atoms with Crippen LogP contribution < -0.4 is 9.64 Å². The van der Waals surface area contributed by atoms with Crippen LogP contribution in [0.4, 0.5) is 4.79 Å². The SMILES string of the molecule is COc1cccc(/C=C2/SC(=O)N(C[NH+]3CCOCC3)C2=O)c1. The van der Waals surface area contributed by atoms with Crippen molar-refractivity contribution in [3.63, 3.8) is 0 Å². The highest BCUT2D eigenvalue weighted by molar-refractivity contribution is 8.18. The molecule has 1 N–H and O–H groups in total. The number of imide groups is 1. The number of quaternary nitrogens is 1. The number of benzene rings is 1. The Bertz CT molecular complexity index is 641. The Hall–Kier alpha value is -1.83. The van der Waals surface area contributed by atoms with Crippen LogP contribution in [0, 0.1) is 0 Å². The molecule has 2 fully saturated rings. The molecule has 6 nitrogen and oxygen atoms in total. The van der Waals surface area contributed by atoms with Crippen LogP contribution in [-0.4, -0.2) is 56.1 Å². The molecule has 0 saturated carbocycles. The number of nitrogens with zero attached hydrogens (tertiary/aromatic N) is 1. The Balaban J connectivity index is 1.73. The van der Waals surface area contributed by atoms with Crippen LogP contribution in [0.3, 0.4) is 0 Å². The predicted molar refractivity (Wildman–Crippen MR) is 87.2 cm³/mol. The Labute approximate surface area is 139 Å². The van der Waals surface area contributed by atoms with Gasteiger partial charge in [0.2, 0.25) is 0 Å². The molecule has 2 aliphatic heterocycles. The van der Waals surface area contributed by atoms with Crippen molar-refractivity contribution in [3.8, 4) is 5.75 Å². The molecular weight excluding hydrogens is 316 g/mol. The van der Waals surface area contributed by atoms with E-state index >= 15 is 0 Å². The van der Waals surface area contributed by atoms with Gasteiger partial charge in [-0.2, -0.15) is 0 Å². The van der Waals surface area contributed by atoms with Crippen molar-refractivity contribution in [2.24, 2.45) is 0 Å². The molecule has 1 aromatic carbocycles. The van der Waals surface area contributed by atoms with Crippen molar-refractivity contribution in [2.75, 3.05) is 40.1 Å². The maximum Gasteiger partial charge on any atom is 0.298 e. The second-order valence-corrected chi connectivity index (χ2v) is 6.40. The molecule has 0 aliphatic carbocycles. The van der Waals surface area contributed by atoms with E-state index in [2.05, 4.69) is 0 Å². The average molecular weight is 335 g/mol. The van der Waals surface area contributed by atoms with Gasteiger partial charge >= 0.3 is 0 Å². The first-order valence-corrected chi connectivity index (χ1v) is 8.30. The van der Waals surface area contributed by atoms with Gasteiger partial charge in [0.15, 0.2) is 6.67 Å². The molecule has 2 saturated heterocycles. The van der Waals surface area contributed by atoms with Crippen molar-refractivity contribution in [1.29, 1.82) is 0 Å². The highest BCUT2D eigenvalue weighted by atomic mass is 32.2. The summed E-state index contributed by atoms with van der Waals surface area (Å²) in [7, 11) is 1.60. The van der Waals surface area contributed by atoms with Gasteiger partial charge in [0, 0.05) is 0 Å². The summed E-state index contributed by atoms with van der Waals surface area (Å²) in [5.74, 6) is 0.498. The number of nitrogens with one attached hydrogen (secondary N) is 1. The first-order valence-electron chi connectivity index (χ1n) is 7.48. The number of thioether (sulfide) groups is 1. The number of carbonyl (C=O) groups excluding carboxylic acids is 2. The molecule has 0 aromatic heterocycles. The summed E-state index contributed by atoms with van der Waals surface area (Å²) < 4.78 is 10.5. The fourth-order valence-corrected chi connectivity index (χ4v) is 3.40. The molecule has 0 unspecified atom stereocenters. The lowest BCUT2D eigenvalue weighted by Gasteiger charge is -2.26. The van der Waals surface area contributed by atoms with Crippen molar-refractivity contribution in [1.82, 2.24) is 4.90 Å². The highest BCUT2D eigenvalue weighted by Gasteiger charge is 2.37. The van der Waals surface area contributed by atoms with E-state index in [1.807, 2.05) is 24.3 Å². The number of hydrogen-bond donors (Lipinski definition) is 1. The third-order valence-electron chi connectivity index (χ3n) is 3.85. The minimum atomic E-state index is -0.221. The van der Waals surface area contributed by atoms with Crippen LogP contribution in [0.25, 0.3) is 6.08 Å². The standard InChI is InChI=1S/C16H18N2O4S/c1-21-13-4-2-3-12(9-13)10-14-15(19)18(16(20)23-14)11-17-5-7-22-8-6-17/h2-4,9-10H,5-8,11H2,1H3/p+1/b14-10+. The first-order chi connectivity index (χ1) is 11.2. The molecule has 0 atom stereocenters. The summed E-state index contributed by atoms with van der Waals surface area (Å²) in [5, 5.41) is -0.205. The molecule has 2 amide bonds. The minimum absolute atomic E-state index is 0.205. The van der Waals surface area contributed by atoms with E-state index in [0.29, 0.717) is 24.8 Å². The third-order valence-corrected chi connectivity index (χ3v) is 4.75. The van der Waals surface area contributed by atoms with Crippen molar-refractivity contribution in [2.45, 2.75) is 0 Å². The zero-order valence-corrected chi connectivity index (χ0v) is 13.7. The molecule has 3 rings (SSSR count). The second kappa shape index (κ2) is 7.16. The quantitative estimate of drug-likeness (QED) is 0.817. The lowest BCUT2D eigenvalue weighted by Crippen LogP contribution is -3.15. The molecule has 2 heterocycles. The van der Waals surface area contributed by atoms with Crippen LogP contribution in [0.5, 0.6) is 5.75 Å². The number of hydrogen-bond acceptors (Lipinski definition) is 5. The van der Waals surface area contributed by atoms with Gasteiger partial charge in [-0.25, -0.2) is 4.90 Å². The molecule has 2 aliphatic rings. The molecule has 23 heavy (non-hydrogen) atoms. The van der Waals surface area contributed by atoms with Crippen LogP contribution in [0.2, 0.25) is 0 Å². The molecular formula is C16H19N2O4S+. The molecule has 0 bridgehead atoms. The fraction of sp³-hybridized carbons (Fsp3) is 0.375. The Morgan fingerprint density at radius 1 is 1.35 bits per heavy atom. The highest BCUT2D eigenvalue weighted by Crippen LogP contribution is 2.31. The van der Waals surface area contributed by atoms with E-state index < -0.39 is 0 Å². The van der Waals surface area contributed by atoms with Crippen LogP contribution in [0.15, 0.2) is 29.2 Å². The minimum Gasteiger partial charge on any atom is -0.497 e. The monoisotopic (exact) mass is 335 g/mol. The Morgan fingerprint density at radius 2 is 2.13 bits per heavy atom. The Morgan fingerprint density at radius 3 is 2.87 bits per heavy atom. The maximum atomic E-state index is 12.5. The number of ether oxygens (including phenoxy) is 2. The van der Waals surface area contributed by atoms with Crippen LogP contribution >= 0.6 is 11.8 Å². The van der Waals surface area contributed by atoms with Gasteiger partial charge in [-0.15, -0.1) is 0 Å². The van der Waals surface area contributed by atoms with Crippen molar-refractivity contribution >= 4 is 29.0 Å². The van der Waals surface area contributed by atoms with Gasteiger partial charge in [0.05, 0.1) is 25.2 Å². The number of rotatable bonds is 4. The Kier molecular flexibility index (Phi) is 5.00. The molecule has 122 valence electrons. The third kappa shape index (κ3) is 3.74. The average Bonchev–Trinajstić information content (AvgIpc) is 2.83. The van der Waals surface area contributed by atoms with E-state index in [0.717, 1.165) is 36.2 Å². The van der Waals surface area contributed by atoms with E-state index in [1.54, 1.807) is 13.2 Å². The van der Waals surface area contributed by atoms with Gasteiger partial charge in [-0.05, 0) is 35.5 Å². The van der Waals surface area contributed by atoms with Gasteiger partial charge in [-0.3, -0.25) is 9.59 Å². The van der Waals surface area contributed by atoms with E-state index in [4.69, 9.17) is 9.47 Å². The van der Waals surface area contributed by atoms with Gasteiger partial charge in [0.1, 0.15) is 18.8 Å². The second-order valence-electron chi connectivity index (χ2n) is 5.41. The number of morpholine rings is 1. The van der Waals surface area contributed by atoms with Crippen LogP contribution in [0.1, 0.15) is 5.56 Å². The zero-order chi connectivity index (χ0) is 16.2. The van der Waals surface area contributed by atoms with Gasteiger partial charge in [-0.1, -0.05) is 12.1 Å². The largest absolute Gasteiger partial charge is 0.497 e. The maximum absolute atomic E-state index is 12.5. The summed E-state index contributed by atoms with van der Waals surface area (Å²) >= 11 is 0.992. The summed E-state index contributed by atoms with van der Waals surface area (Å²) in [4.78, 5) is 27.6. The van der Waals surface area contributed by atoms with Gasteiger partial charge in [0.25, 0.3) is 11.1 Å². The molecule has 0 radical (unpaired) electrons. The summed E-state index contributed by atoms with van der Waals surface area (Å²) in [5.41, 5.74) is 0.841. The number of carbonyl (C=O) groups is 2. The predicted octanol–water partition coefficient (Wildman–Crippen LogP) is 0.604. The summed E-state index contributed by atoms with van der Waals surface area (Å²) in [6.45, 7) is 3.38.